The number of aliphatic hydroxyl groups excluding tert-OH is 1. The number of nitrogens with zero attached hydrogens (tertiary/aromatic N) is 4. The van der Waals surface area contributed by atoms with Crippen molar-refractivity contribution in [3.05, 3.63) is 40.3 Å². The smallest absolute Gasteiger partial charge is 0.328 e. The Hall–Kier alpha value is -2.25. The van der Waals surface area contributed by atoms with E-state index in [-0.39, 0.29) is 18.3 Å². The molecule has 0 aliphatic heterocycles. The number of fused-ring (bicyclic) bond motifs is 1. The van der Waals surface area contributed by atoms with Gasteiger partial charge in [0.2, 0.25) is 0 Å². The number of H-pyrrole nitrogens is 1. The molecule has 0 aliphatic rings. The van der Waals surface area contributed by atoms with E-state index in [0.717, 1.165) is 0 Å². The monoisotopic (exact) mass is 319 g/mol. The molecule has 0 radical (unpaired) electrons. The first-order valence-corrected chi connectivity index (χ1v) is 7.21. The highest BCUT2D eigenvalue weighted by Crippen LogP contribution is 2.32. The molecule has 0 fully saturated rings. The molecular weight excluding hydrogens is 306 g/mol. The van der Waals surface area contributed by atoms with Gasteiger partial charge in [0.25, 0.3) is 0 Å². The minimum Gasteiger partial charge on any atom is -0.394 e. The summed E-state index contributed by atoms with van der Waals surface area (Å²) in [5.74, 6) is 0. The normalized spacial score (nSPS) is 12.7. The van der Waals surface area contributed by atoms with Crippen molar-refractivity contribution in [2.45, 2.75) is 19.4 Å². The zero-order valence-corrected chi connectivity index (χ0v) is 12.6. The summed E-state index contributed by atoms with van der Waals surface area (Å²) in [6, 6.07) is -0.364. The summed E-state index contributed by atoms with van der Waals surface area (Å²) >= 11 is 6.29. The van der Waals surface area contributed by atoms with E-state index in [4.69, 9.17) is 11.6 Å². The number of aromatic amines is 1. The predicted molar refractivity (Wildman–Crippen MR) is 82.8 cm³/mol. The van der Waals surface area contributed by atoms with Gasteiger partial charge in [-0.25, -0.2) is 9.78 Å². The maximum Gasteiger partial charge on any atom is 0.328 e. The molecule has 0 amide bonds. The zero-order chi connectivity index (χ0) is 15.7. The minimum absolute atomic E-state index is 0.157. The third kappa shape index (κ3) is 2.28. The van der Waals surface area contributed by atoms with E-state index in [2.05, 4.69) is 19.9 Å². The lowest BCUT2D eigenvalue weighted by Gasteiger charge is -2.15. The first-order chi connectivity index (χ1) is 10.7. The number of nitrogens with one attached hydrogen (secondary N) is 1. The molecule has 1 atom stereocenters. The van der Waals surface area contributed by atoms with Crippen LogP contribution in [0.2, 0.25) is 5.02 Å². The Morgan fingerprint density at radius 3 is 2.82 bits per heavy atom. The maximum absolute atomic E-state index is 12.3. The highest BCUT2D eigenvalue weighted by molar-refractivity contribution is 6.34. The van der Waals surface area contributed by atoms with Crippen LogP contribution in [0.15, 0.2) is 29.6 Å². The largest absolute Gasteiger partial charge is 0.394 e. The summed E-state index contributed by atoms with van der Waals surface area (Å²) in [4.78, 5) is 27.4. The van der Waals surface area contributed by atoms with Crippen LogP contribution in [0.3, 0.4) is 0 Å². The van der Waals surface area contributed by atoms with Crippen molar-refractivity contribution in [2.24, 2.45) is 0 Å². The van der Waals surface area contributed by atoms with Gasteiger partial charge in [0.15, 0.2) is 5.65 Å². The molecule has 3 aromatic heterocycles. The van der Waals surface area contributed by atoms with Gasteiger partial charge in [0.1, 0.15) is 0 Å². The van der Waals surface area contributed by atoms with Crippen molar-refractivity contribution in [3.8, 4) is 11.3 Å². The Morgan fingerprint density at radius 1 is 1.36 bits per heavy atom. The van der Waals surface area contributed by atoms with Crippen molar-refractivity contribution in [2.75, 3.05) is 6.61 Å². The van der Waals surface area contributed by atoms with E-state index in [1.807, 2.05) is 6.92 Å². The number of rotatable bonds is 4. The third-order valence-corrected chi connectivity index (χ3v) is 3.85. The second-order valence-electron chi connectivity index (χ2n) is 4.81. The van der Waals surface area contributed by atoms with Gasteiger partial charge in [-0.2, -0.15) is 0 Å². The van der Waals surface area contributed by atoms with Crippen LogP contribution >= 0.6 is 11.6 Å². The van der Waals surface area contributed by atoms with Crippen LogP contribution in [-0.2, 0) is 0 Å². The van der Waals surface area contributed by atoms with Gasteiger partial charge in [-0.3, -0.25) is 19.5 Å². The van der Waals surface area contributed by atoms with Crippen molar-refractivity contribution in [3.63, 3.8) is 0 Å². The Balaban J connectivity index is 2.41. The molecule has 0 saturated heterocycles. The average Bonchev–Trinajstić information content (AvgIpc) is 2.86. The van der Waals surface area contributed by atoms with E-state index < -0.39 is 0 Å². The van der Waals surface area contributed by atoms with Crippen LogP contribution in [0.4, 0.5) is 0 Å². The highest BCUT2D eigenvalue weighted by atomic mass is 35.5. The maximum atomic E-state index is 12.3. The standard InChI is InChI=1S/C14H14ClN5O2/c1-2-8(7-21)20-12-11(10-6-16-3-4-17-10)9(15)5-18-13(12)19-14(20)22/h3-6,8,21H,2,7H2,1H3,(H,18,19,22)/t8-/m0/s1. The lowest BCUT2D eigenvalue weighted by atomic mass is 10.1. The number of pyridine rings is 1. The molecular formula is C14H14ClN5O2. The zero-order valence-electron chi connectivity index (χ0n) is 11.8. The molecule has 0 aromatic carbocycles. The van der Waals surface area contributed by atoms with Gasteiger partial charge >= 0.3 is 5.69 Å². The number of hydrogen-bond donors (Lipinski definition) is 2. The van der Waals surface area contributed by atoms with Crippen molar-refractivity contribution < 1.29 is 5.11 Å². The van der Waals surface area contributed by atoms with Crippen LogP contribution in [0, 0.1) is 0 Å². The lowest BCUT2D eigenvalue weighted by Crippen LogP contribution is -2.24. The topological polar surface area (TPSA) is 96.7 Å². The second kappa shape index (κ2) is 5.86. The van der Waals surface area contributed by atoms with Gasteiger partial charge in [-0.1, -0.05) is 18.5 Å². The van der Waals surface area contributed by atoms with E-state index in [1.54, 1.807) is 18.6 Å². The molecule has 0 aliphatic carbocycles. The van der Waals surface area contributed by atoms with Crippen LogP contribution < -0.4 is 5.69 Å². The summed E-state index contributed by atoms with van der Waals surface area (Å²) in [7, 11) is 0. The third-order valence-electron chi connectivity index (χ3n) is 3.56. The second-order valence-corrected chi connectivity index (χ2v) is 5.22. The molecule has 22 heavy (non-hydrogen) atoms. The van der Waals surface area contributed by atoms with Gasteiger partial charge in [-0.05, 0) is 6.42 Å². The molecule has 0 spiro atoms. The Kier molecular flexibility index (Phi) is 3.91. The minimum atomic E-state index is -0.364. The first-order valence-electron chi connectivity index (χ1n) is 6.83. The highest BCUT2D eigenvalue weighted by Gasteiger charge is 2.21. The first kappa shape index (κ1) is 14.7. The van der Waals surface area contributed by atoms with Crippen LogP contribution in [0.25, 0.3) is 22.4 Å². The molecule has 7 nitrogen and oxygen atoms in total. The molecule has 8 heteroatoms. The Labute approximate surface area is 130 Å². The lowest BCUT2D eigenvalue weighted by molar-refractivity contribution is 0.225. The molecule has 0 saturated carbocycles. The Bertz CT molecular complexity index is 855. The fraction of sp³-hybridized carbons (Fsp3) is 0.286. The van der Waals surface area contributed by atoms with Gasteiger partial charge in [-0.15, -0.1) is 0 Å². The van der Waals surface area contributed by atoms with Crippen LogP contribution in [-0.4, -0.2) is 36.2 Å². The summed E-state index contributed by atoms with van der Waals surface area (Å²) < 4.78 is 1.48. The summed E-state index contributed by atoms with van der Waals surface area (Å²) in [6.07, 6.45) is 6.74. The number of hydrogen-bond acceptors (Lipinski definition) is 5. The Morgan fingerprint density at radius 2 is 2.18 bits per heavy atom. The summed E-state index contributed by atoms with van der Waals surface area (Å²) in [5.41, 5.74) is 1.71. The molecule has 3 heterocycles. The number of imidazole rings is 1. The van der Waals surface area contributed by atoms with E-state index in [0.29, 0.717) is 33.9 Å². The van der Waals surface area contributed by atoms with Gasteiger partial charge in [0.05, 0.1) is 35.1 Å². The van der Waals surface area contributed by atoms with Crippen molar-refractivity contribution in [1.29, 1.82) is 0 Å². The fourth-order valence-corrected chi connectivity index (χ4v) is 2.72. The van der Waals surface area contributed by atoms with Crippen LogP contribution in [0.5, 0.6) is 0 Å². The van der Waals surface area contributed by atoms with Gasteiger partial charge in [0, 0.05) is 24.2 Å². The van der Waals surface area contributed by atoms with Crippen LogP contribution in [0.1, 0.15) is 19.4 Å². The molecule has 3 rings (SSSR count). The molecule has 114 valence electrons. The number of halogens is 1. The van der Waals surface area contributed by atoms with E-state index in [1.165, 1.54) is 10.8 Å². The average molecular weight is 320 g/mol. The molecule has 0 bridgehead atoms. The fourth-order valence-electron chi connectivity index (χ4n) is 2.48. The van der Waals surface area contributed by atoms with Crippen molar-refractivity contribution >= 4 is 22.8 Å². The number of aliphatic hydroxyl groups is 1. The predicted octanol–water partition coefficient (Wildman–Crippen LogP) is 1.78. The van der Waals surface area contributed by atoms with E-state index in [9.17, 15) is 9.90 Å². The molecule has 2 N–H and O–H groups in total. The molecule has 0 unspecified atom stereocenters. The summed E-state index contributed by atoms with van der Waals surface area (Å²) in [6.45, 7) is 1.74. The quantitative estimate of drug-likeness (QED) is 0.764. The van der Waals surface area contributed by atoms with E-state index >= 15 is 0 Å². The van der Waals surface area contributed by atoms with Gasteiger partial charge < -0.3 is 5.11 Å². The SMILES string of the molecule is CC[C@@H](CO)n1c(=O)[nH]c2ncc(Cl)c(-c3cnccn3)c21. The van der Waals surface area contributed by atoms with Crippen molar-refractivity contribution in [1.82, 2.24) is 24.5 Å². The summed E-state index contributed by atoms with van der Waals surface area (Å²) in [5, 5.41) is 9.93. The number of aromatic nitrogens is 5. The molecule has 3 aromatic rings.